The zero-order chi connectivity index (χ0) is 14.2. The molecule has 0 aliphatic rings. The van der Waals surface area contributed by atoms with E-state index in [0.717, 1.165) is 11.1 Å². The third-order valence-electron chi connectivity index (χ3n) is 2.92. The molecule has 0 fully saturated rings. The Morgan fingerprint density at radius 3 is 2.05 bits per heavy atom. The molecule has 0 bridgehead atoms. The first kappa shape index (κ1) is 14.1. The second kappa shape index (κ2) is 7.31. The predicted molar refractivity (Wildman–Crippen MR) is 77.7 cm³/mol. The van der Waals surface area contributed by atoms with Crippen LogP contribution in [0.2, 0.25) is 0 Å². The van der Waals surface area contributed by atoms with E-state index < -0.39 is 6.03 Å². The molecule has 0 radical (unpaired) electrons. The molecule has 4 heteroatoms. The Morgan fingerprint density at radius 1 is 0.950 bits per heavy atom. The Morgan fingerprint density at radius 2 is 1.50 bits per heavy atom. The number of urea groups is 1. The lowest BCUT2D eigenvalue weighted by atomic mass is 10.1. The number of hydrogen-bond acceptors (Lipinski definition) is 2. The summed E-state index contributed by atoms with van der Waals surface area (Å²) < 4.78 is 0. The first-order valence-corrected chi connectivity index (χ1v) is 6.53. The number of carbonyl (C=O) groups excluding carboxylic acids is 1. The fraction of sp³-hybridized carbons (Fsp3) is 0.188. The van der Waals surface area contributed by atoms with E-state index in [9.17, 15) is 4.79 Å². The van der Waals surface area contributed by atoms with Crippen LogP contribution in [0, 0.1) is 0 Å². The van der Waals surface area contributed by atoms with Gasteiger partial charge in [0, 0.05) is 0 Å². The minimum absolute atomic E-state index is 0.332. The first-order chi connectivity index (χ1) is 9.75. The van der Waals surface area contributed by atoms with Crippen molar-refractivity contribution in [3.8, 4) is 0 Å². The van der Waals surface area contributed by atoms with Gasteiger partial charge in [0.15, 0.2) is 0 Å². The molecule has 0 unspecified atom stereocenters. The molecule has 0 aliphatic carbocycles. The minimum atomic E-state index is -0.572. The highest BCUT2D eigenvalue weighted by Crippen LogP contribution is 2.05. The number of primary amides is 1. The molecule has 0 saturated carbocycles. The van der Waals surface area contributed by atoms with Gasteiger partial charge in [0.2, 0.25) is 0 Å². The Hall–Kier alpha value is -2.33. The van der Waals surface area contributed by atoms with Gasteiger partial charge in [0.25, 0.3) is 0 Å². The van der Waals surface area contributed by atoms with Crippen molar-refractivity contribution in [3.63, 3.8) is 0 Å². The van der Waals surface area contributed by atoms with E-state index in [1.165, 1.54) is 5.06 Å². The van der Waals surface area contributed by atoms with Crippen molar-refractivity contribution in [2.75, 3.05) is 6.54 Å². The van der Waals surface area contributed by atoms with Gasteiger partial charge in [-0.1, -0.05) is 60.7 Å². The van der Waals surface area contributed by atoms with Crippen LogP contribution < -0.4 is 5.73 Å². The average Bonchev–Trinajstić information content (AvgIpc) is 2.49. The van der Waals surface area contributed by atoms with Crippen LogP contribution in [-0.4, -0.2) is 17.6 Å². The predicted octanol–water partition coefficient (Wildman–Crippen LogP) is 2.74. The van der Waals surface area contributed by atoms with Crippen molar-refractivity contribution in [2.24, 2.45) is 5.73 Å². The topological polar surface area (TPSA) is 55.6 Å². The van der Waals surface area contributed by atoms with Crippen molar-refractivity contribution in [1.29, 1.82) is 0 Å². The van der Waals surface area contributed by atoms with Crippen LogP contribution in [0.1, 0.15) is 11.1 Å². The van der Waals surface area contributed by atoms with Crippen LogP contribution in [0.3, 0.4) is 0 Å². The number of benzene rings is 2. The second-order valence-corrected chi connectivity index (χ2v) is 4.43. The monoisotopic (exact) mass is 270 g/mol. The molecule has 2 N–H and O–H groups in total. The fourth-order valence-electron chi connectivity index (χ4n) is 1.84. The summed E-state index contributed by atoms with van der Waals surface area (Å²) in [4.78, 5) is 16.8. The van der Waals surface area contributed by atoms with Gasteiger partial charge in [-0.3, -0.25) is 4.84 Å². The molecule has 2 aromatic rings. The maximum atomic E-state index is 11.4. The summed E-state index contributed by atoms with van der Waals surface area (Å²) in [5.74, 6) is 0. The van der Waals surface area contributed by atoms with Crippen molar-refractivity contribution in [1.82, 2.24) is 5.06 Å². The maximum Gasteiger partial charge on any atom is 0.338 e. The average molecular weight is 270 g/mol. The lowest BCUT2D eigenvalue weighted by molar-refractivity contribution is -0.125. The van der Waals surface area contributed by atoms with E-state index in [-0.39, 0.29) is 0 Å². The third-order valence-corrected chi connectivity index (χ3v) is 2.92. The van der Waals surface area contributed by atoms with Crippen LogP contribution in [0.5, 0.6) is 0 Å². The molecular formula is C16H18N2O2. The Balaban J connectivity index is 1.86. The molecule has 0 aliphatic heterocycles. The van der Waals surface area contributed by atoms with Gasteiger partial charge in [-0.25, -0.2) is 9.86 Å². The smallest absolute Gasteiger partial charge is 0.338 e. The van der Waals surface area contributed by atoms with Crippen LogP contribution in [0.4, 0.5) is 4.79 Å². The molecule has 0 atom stereocenters. The summed E-state index contributed by atoms with van der Waals surface area (Å²) in [6.45, 7) is 0.769. The first-order valence-electron chi connectivity index (χ1n) is 6.53. The zero-order valence-electron chi connectivity index (χ0n) is 11.2. The number of hydroxylamine groups is 2. The second-order valence-electron chi connectivity index (χ2n) is 4.43. The lowest BCUT2D eigenvalue weighted by Crippen LogP contribution is -2.37. The van der Waals surface area contributed by atoms with E-state index in [1.54, 1.807) is 0 Å². The highest BCUT2D eigenvalue weighted by Gasteiger charge is 2.10. The van der Waals surface area contributed by atoms with Crippen molar-refractivity contribution >= 4 is 6.03 Å². The molecule has 0 heterocycles. The summed E-state index contributed by atoms with van der Waals surface area (Å²) in [6.07, 6.45) is 0.707. The van der Waals surface area contributed by atoms with Gasteiger partial charge in [-0.05, 0) is 17.5 Å². The van der Waals surface area contributed by atoms with Crippen LogP contribution in [0.15, 0.2) is 60.7 Å². The maximum absolute atomic E-state index is 11.4. The van der Waals surface area contributed by atoms with Gasteiger partial charge >= 0.3 is 6.03 Å². The number of amides is 2. The summed E-state index contributed by atoms with van der Waals surface area (Å²) in [6, 6.07) is 19.0. The Labute approximate surface area is 118 Å². The molecule has 2 rings (SSSR count). The molecule has 104 valence electrons. The summed E-state index contributed by atoms with van der Waals surface area (Å²) in [5.41, 5.74) is 7.47. The number of hydrogen-bond donors (Lipinski definition) is 1. The largest absolute Gasteiger partial charge is 0.350 e. The molecule has 20 heavy (non-hydrogen) atoms. The minimum Gasteiger partial charge on any atom is -0.350 e. The fourth-order valence-corrected chi connectivity index (χ4v) is 1.84. The van der Waals surface area contributed by atoms with E-state index in [0.29, 0.717) is 19.6 Å². The van der Waals surface area contributed by atoms with Gasteiger partial charge in [-0.2, -0.15) is 0 Å². The molecule has 0 spiro atoms. The molecule has 2 amide bonds. The lowest BCUT2D eigenvalue weighted by Gasteiger charge is -2.19. The molecule has 4 nitrogen and oxygen atoms in total. The highest BCUT2D eigenvalue weighted by molar-refractivity contribution is 5.70. The van der Waals surface area contributed by atoms with Crippen LogP contribution in [0.25, 0.3) is 0 Å². The highest BCUT2D eigenvalue weighted by atomic mass is 16.7. The van der Waals surface area contributed by atoms with Gasteiger partial charge in [0.05, 0.1) is 6.54 Å². The number of nitrogens with two attached hydrogens (primary N) is 1. The van der Waals surface area contributed by atoms with E-state index in [1.807, 2.05) is 60.7 Å². The molecule has 0 aromatic heterocycles. The number of nitrogens with zero attached hydrogens (tertiary/aromatic N) is 1. The van der Waals surface area contributed by atoms with Gasteiger partial charge in [-0.15, -0.1) is 0 Å². The Kier molecular flexibility index (Phi) is 5.15. The molecule has 0 saturated heterocycles. The van der Waals surface area contributed by atoms with Crippen LogP contribution >= 0.6 is 0 Å². The summed E-state index contributed by atoms with van der Waals surface area (Å²) >= 11 is 0. The van der Waals surface area contributed by atoms with E-state index in [2.05, 4.69) is 0 Å². The molecular weight excluding hydrogens is 252 g/mol. The van der Waals surface area contributed by atoms with E-state index >= 15 is 0 Å². The van der Waals surface area contributed by atoms with Crippen molar-refractivity contribution < 1.29 is 9.63 Å². The quantitative estimate of drug-likeness (QED) is 0.820. The number of carbonyl (C=O) groups is 1. The standard InChI is InChI=1S/C16H18N2O2/c17-16(19)18(12-11-14-7-3-1-4-8-14)20-13-15-9-5-2-6-10-15/h1-10H,11-13H2,(H2,17,19). The SMILES string of the molecule is NC(=O)N(CCc1ccccc1)OCc1ccccc1. The zero-order valence-corrected chi connectivity index (χ0v) is 11.2. The summed E-state index contributed by atoms with van der Waals surface area (Å²) in [7, 11) is 0. The normalized spacial score (nSPS) is 10.2. The molecule has 2 aromatic carbocycles. The van der Waals surface area contributed by atoms with Gasteiger partial charge in [0.1, 0.15) is 6.61 Å². The van der Waals surface area contributed by atoms with Crippen LogP contribution in [-0.2, 0) is 17.9 Å². The summed E-state index contributed by atoms with van der Waals surface area (Å²) in [5, 5.41) is 1.21. The van der Waals surface area contributed by atoms with Crippen molar-refractivity contribution in [3.05, 3.63) is 71.8 Å². The third kappa shape index (κ3) is 4.40. The Bertz CT molecular complexity index is 485. The van der Waals surface area contributed by atoms with Gasteiger partial charge < -0.3 is 5.73 Å². The van der Waals surface area contributed by atoms with Crippen molar-refractivity contribution in [2.45, 2.75) is 13.0 Å². The van der Waals surface area contributed by atoms with E-state index in [4.69, 9.17) is 10.6 Å². The number of rotatable bonds is 6.